The van der Waals surface area contributed by atoms with E-state index in [1.165, 1.54) is 11.8 Å². The molecule has 0 aliphatic heterocycles. The van der Waals surface area contributed by atoms with Crippen LogP contribution in [0, 0.1) is 6.92 Å². The normalized spacial score (nSPS) is 10.6. The molecule has 144 valence electrons. The second-order valence-corrected chi connectivity index (χ2v) is 7.42. The van der Waals surface area contributed by atoms with Crippen LogP contribution in [-0.2, 0) is 16.1 Å². The Morgan fingerprint density at radius 1 is 1.15 bits per heavy atom. The van der Waals surface area contributed by atoms with E-state index in [1.54, 1.807) is 19.2 Å². The fourth-order valence-electron chi connectivity index (χ4n) is 2.51. The number of benzene rings is 2. The summed E-state index contributed by atoms with van der Waals surface area (Å²) in [7, 11) is 1.59. The van der Waals surface area contributed by atoms with Crippen LogP contribution in [0.25, 0.3) is 0 Å². The first-order valence-corrected chi connectivity index (χ1v) is 9.71. The van der Waals surface area contributed by atoms with Gasteiger partial charge in [-0.15, -0.1) is 11.8 Å². The highest BCUT2D eigenvalue weighted by Crippen LogP contribution is 2.25. The molecule has 27 heavy (non-hydrogen) atoms. The molecule has 0 spiro atoms. The standard InChI is InChI=1S/C21H25NO4S/c1-14(2)22-20(23)13-27-19-8-6-5-7-17(19)21(24)26-12-16-11-15(3)9-10-18(16)25-4/h5-11,14H,12-13H2,1-4H3,(H,22,23). The molecule has 2 rings (SSSR count). The minimum Gasteiger partial charge on any atom is -0.496 e. The van der Waals surface area contributed by atoms with Crippen molar-refractivity contribution in [3.05, 3.63) is 59.2 Å². The lowest BCUT2D eigenvalue weighted by Gasteiger charge is -2.12. The largest absolute Gasteiger partial charge is 0.496 e. The zero-order valence-electron chi connectivity index (χ0n) is 16.1. The second-order valence-electron chi connectivity index (χ2n) is 6.40. The van der Waals surface area contributed by atoms with E-state index in [0.29, 0.717) is 11.3 Å². The number of ether oxygens (including phenoxy) is 2. The molecule has 2 aromatic carbocycles. The molecule has 6 heteroatoms. The highest BCUT2D eigenvalue weighted by atomic mass is 32.2. The number of methoxy groups -OCH3 is 1. The van der Waals surface area contributed by atoms with Crippen LogP contribution in [0.2, 0.25) is 0 Å². The predicted molar refractivity (Wildman–Crippen MR) is 107 cm³/mol. The van der Waals surface area contributed by atoms with Crippen LogP contribution < -0.4 is 10.1 Å². The molecular weight excluding hydrogens is 362 g/mol. The first-order valence-electron chi connectivity index (χ1n) is 8.72. The average Bonchev–Trinajstić information content (AvgIpc) is 2.64. The number of rotatable bonds is 8. The average molecular weight is 388 g/mol. The second kappa shape index (κ2) is 10.0. The van der Waals surface area contributed by atoms with Crippen molar-refractivity contribution in [1.82, 2.24) is 5.32 Å². The Hall–Kier alpha value is -2.47. The summed E-state index contributed by atoms with van der Waals surface area (Å²) in [5, 5.41) is 2.84. The number of carbonyl (C=O) groups is 2. The summed E-state index contributed by atoms with van der Waals surface area (Å²) in [6.07, 6.45) is 0. The lowest BCUT2D eigenvalue weighted by Crippen LogP contribution is -2.31. The van der Waals surface area contributed by atoms with Crippen LogP contribution in [0.3, 0.4) is 0 Å². The van der Waals surface area contributed by atoms with E-state index in [9.17, 15) is 9.59 Å². The van der Waals surface area contributed by atoms with Gasteiger partial charge in [0.05, 0.1) is 18.4 Å². The smallest absolute Gasteiger partial charge is 0.339 e. The van der Waals surface area contributed by atoms with E-state index in [0.717, 1.165) is 16.0 Å². The first kappa shape index (κ1) is 20.8. The molecule has 0 unspecified atom stereocenters. The maximum atomic E-state index is 12.6. The maximum Gasteiger partial charge on any atom is 0.339 e. The summed E-state index contributed by atoms with van der Waals surface area (Å²) in [6, 6.07) is 13.0. The number of hydrogen-bond donors (Lipinski definition) is 1. The van der Waals surface area contributed by atoms with Gasteiger partial charge in [-0.3, -0.25) is 4.79 Å². The third kappa shape index (κ3) is 6.32. The van der Waals surface area contributed by atoms with Crippen LogP contribution in [0.4, 0.5) is 0 Å². The van der Waals surface area contributed by atoms with Crippen LogP contribution >= 0.6 is 11.8 Å². The van der Waals surface area contributed by atoms with E-state index < -0.39 is 5.97 Å². The molecule has 0 heterocycles. The Balaban J connectivity index is 2.04. The van der Waals surface area contributed by atoms with Crippen molar-refractivity contribution in [3.63, 3.8) is 0 Å². The monoisotopic (exact) mass is 387 g/mol. The molecule has 0 fully saturated rings. The van der Waals surface area contributed by atoms with Crippen LogP contribution in [-0.4, -0.2) is 30.8 Å². The topological polar surface area (TPSA) is 64.6 Å². The van der Waals surface area contributed by atoms with Gasteiger partial charge < -0.3 is 14.8 Å². The highest BCUT2D eigenvalue weighted by molar-refractivity contribution is 8.00. The van der Waals surface area contributed by atoms with Crippen molar-refractivity contribution in [2.75, 3.05) is 12.9 Å². The van der Waals surface area contributed by atoms with Crippen LogP contribution in [0.1, 0.15) is 35.3 Å². The summed E-state index contributed by atoms with van der Waals surface area (Å²) in [5.41, 5.74) is 2.33. The van der Waals surface area contributed by atoms with Gasteiger partial charge >= 0.3 is 5.97 Å². The van der Waals surface area contributed by atoms with Gasteiger partial charge in [-0.1, -0.05) is 23.8 Å². The molecule has 2 aromatic rings. The molecule has 1 amide bonds. The number of carbonyl (C=O) groups excluding carboxylic acids is 2. The van der Waals surface area contributed by atoms with Gasteiger partial charge in [0.2, 0.25) is 5.91 Å². The van der Waals surface area contributed by atoms with Gasteiger partial charge in [-0.05, 0) is 45.0 Å². The third-order valence-corrected chi connectivity index (χ3v) is 4.78. The van der Waals surface area contributed by atoms with Gasteiger partial charge in [-0.2, -0.15) is 0 Å². The molecule has 0 aliphatic carbocycles. The molecule has 0 bridgehead atoms. The minimum atomic E-state index is -0.425. The van der Waals surface area contributed by atoms with E-state index in [-0.39, 0.29) is 24.3 Å². The summed E-state index contributed by atoms with van der Waals surface area (Å²) >= 11 is 1.32. The number of esters is 1. The zero-order chi connectivity index (χ0) is 19.8. The Kier molecular flexibility index (Phi) is 7.73. The van der Waals surface area contributed by atoms with Crippen molar-refractivity contribution in [2.45, 2.75) is 38.3 Å². The molecule has 0 aromatic heterocycles. The van der Waals surface area contributed by atoms with Crippen LogP contribution in [0.5, 0.6) is 5.75 Å². The van der Waals surface area contributed by atoms with Gasteiger partial charge in [-0.25, -0.2) is 4.79 Å². The number of thioether (sulfide) groups is 1. The van der Waals surface area contributed by atoms with E-state index >= 15 is 0 Å². The highest BCUT2D eigenvalue weighted by Gasteiger charge is 2.15. The molecule has 0 radical (unpaired) electrons. The van der Waals surface area contributed by atoms with Crippen molar-refractivity contribution in [3.8, 4) is 5.75 Å². The lowest BCUT2D eigenvalue weighted by atomic mass is 10.1. The minimum absolute atomic E-state index is 0.0670. The fourth-order valence-corrected chi connectivity index (χ4v) is 3.36. The Morgan fingerprint density at radius 3 is 2.59 bits per heavy atom. The zero-order valence-corrected chi connectivity index (χ0v) is 16.9. The number of hydrogen-bond acceptors (Lipinski definition) is 5. The molecule has 1 N–H and O–H groups in total. The Morgan fingerprint density at radius 2 is 1.89 bits per heavy atom. The van der Waals surface area contributed by atoms with Crippen molar-refractivity contribution in [2.24, 2.45) is 0 Å². The fraction of sp³-hybridized carbons (Fsp3) is 0.333. The summed E-state index contributed by atoms with van der Waals surface area (Å²) < 4.78 is 10.8. The quantitative estimate of drug-likeness (QED) is 0.548. The van der Waals surface area contributed by atoms with Crippen LogP contribution in [0.15, 0.2) is 47.4 Å². The third-order valence-electron chi connectivity index (χ3n) is 3.71. The van der Waals surface area contributed by atoms with E-state index in [4.69, 9.17) is 9.47 Å². The molecule has 0 saturated heterocycles. The molecule has 0 atom stereocenters. The summed E-state index contributed by atoms with van der Waals surface area (Å²) in [5.74, 6) is 0.434. The summed E-state index contributed by atoms with van der Waals surface area (Å²) in [6.45, 7) is 5.91. The van der Waals surface area contributed by atoms with Crippen molar-refractivity contribution < 1.29 is 19.1 Å². The van der Waals surface area contributed by atoms with Crippen molar-refractivity contribution >= 4 is 23.6 Å². The number of aryl methyl sites for hydroxylation is 1. The van der Waals surface area contributed by atoms with Gasteiger partial charge in [0.25, 0.3) is 0 Å². The summed E-state index contributed by atoms with van der Waals surface area (Å²) in [4.78, 5) is 25.1. The number of nitrogens with one attached hydrogen (secondary N) is 1. The van der Waals surface area contributed by atoms with E-state index in [2.05, 4.69) is 5.32 Å². The van der Waals surface area contributed by atoms with Gasteiger partial charge in [0, 0.05) is 16.5 Å². The molecule has 0 saturated carbocycles. The van der Waals surface area contributed by atoms with Gasteiger partial charge in [0.1, 0.15) is 12.4 Å². The first-order chi connectivity index (χ1) is 12.9. The van der Waals surface area contributed by atoms with E-state index in [1.807, 2.05) is 51.1 Å². The number of amides is 1. The SMILES string of the molecule is COc1ccc(C)cc1COC(=O)c1ccccc1SCC(=O)NC(C)C. The maximum absolute atomic E-state index is 12.6. The predicted octanol–water partition coefficient (Wildman–Crippen LogP) is 3.98. The molecule has 0 aliphatic rings. The Labute approximate surface area is 164 Å². The lowest BCUT2D eigenvalue weighted by molar-refractivity contribution is -0.119. The van der Waals surface area contributed by atoms with Crippen molar-refractivity contribution in [1.29, 1.82) is 0 Å². The van der Waals surface area contributed by atoms with Gasteiger partial charge in [0.15, 0.2) is 0 Å². The molecule has 5 nitrogen and oxygen atoms in total. The molecular formula is C21H25NO4S. The Bertz CT molecular complexity index is 805.